The Morgan fingerprint density at radius 1 is 1.47 bits per heavy atom. The Balaban J connectivity index is 2.50. The lowest BCUT2D eigenvalue weighted by atomic mass is 10.0. The zero-order valence-electron chi connectivity index (χ0n) is 9.82. The summed E-state index contributed by atoms with van der Waals surface area (Å²) in [5, 5.41) is 10.2. The van der Waals surface area contributed by atoms with Gasteiger partial charge in [-0.1, -0.05) is 13.8 Å². The first-order valence-electron chi connectivity index (χ1n) is 5.25. The van der Waals surface area contributed by atoms with Gasteiger partial charge in [-0.15, -0.1) is 0 Å². The van der Waals surface area contributed by atoms with Gasteiger partial charge in [-0.3, -0.25) is 5.10 Å². The Morgan fingerprint density at radius 3 is 2.67 bits per heavy atom. The first kappa shape index (κ1) is 12.1. The third-order valence-electron chi connectivity index (χ3n) is 2.46. The fourth-order valence-electron chi connectivity index (χ4n) is 1.44. The average molecular weight is 212 g/mol. The van der Waals surface area contributed by atoms with Crippen LogP contribution in [0.25, 0.3) is 0 Å². The molecular weight excluding hydrogens is 192 g/mol. The highest BCUT2D eigenvalue weighted by molar-refractivity contribution is 4.90. The van der Waals surface area contributed by atoms with Gasteiger partial charge >= 0.3 is 0 Å². The van der Waals surface area contributed by atoms with Crippen molar-refractivity contribution >= 4 is 0 Å². The smallest absolute Gasteiger partial charge is 0.141 e. The van der Waals surface area contributed by atoms with Crippen LogP contribution in [0.3, 0.4) is 0 Å². The average Bonchev–Trinajstić information content (AvgIpc) is 2.69. The Morgan fingerprint density at radius 2 is 2.20 bits per heavy atom. The highest BCUT2D eigenvalue weighted by Gasteiger charge is 2.17. The lowest BCUT2D eigenvalue weighted by Gasteiger charge is -2.24. The van der Waals surface area contributed by atoms with Crippen molar-refractivity contribution in [3.8, 4) is 0 Å². The van der Waals surface area contributed by atoms with Crippen molar-refractivity contribution in [2.45, 2.75) is 32.9 Å². The van der Waals surface area contributed by atoms with Gasteiger partial charge in [-0.05, 0) is 12.8 Å². The molecule has 0 aliphatic carbocycles. The molecule has 1 aromatic heterocycles. The summed E-state index contributed by atoms with van der Waals surface area (Å²) in [6.07, 6.45) is 1.52. The first-order valence-corrected chi connectivity index (χ1v) is 5.25. The van der Waals surface area contributed by atoms with Crippen molar-refractivity contribution in [3.63, 3.8) is 0 Å². The summed E-state index contributed by atoms with van der Waals surface area (Å²) in [5.74, 6) is 1.38. The van der Waals surface area contributed by atoms with Crippen LogP contribution in [0.4, 0.5) is 0 Å². The maximum Gasteiger partial charge on any atom is 0.141 e. The number of aromatic nitrogens is 3. The normalized spacial score (nSPS) is 15.5. The predicted octanol–water partition coefficient (Wildman–Crippen LogP) is 1.13. The van der Waals surface area contributed by atoms with E-state index in [1.54, 1.807) is 7.11 Å². The van der Waals surface area contributed by atoms with Crippen LogP contribution in [0.15, 0.2) is 6.33 Å². The summed E-state index contributed by atoms with van der Waals surface area (Å²) in [7, 11) is 1.72. The number of methoxy groups -OCH3 is 1. The molecule has 0 saturated carbocycles. The molecule has 1 rings (SSSR count). The molecule has 0 radical (unpaired) electrons. The molecule has 0 aliphatic heterocycles. The van der Waals surface area contributed by atoms with Gasteiger partial charge in [0.05, 0.1) is 12.6 Å². The van der Waals surface area contributed by atoms with Gasteiger partial charge < -0.3 is 10.1 Å². The third-order valence-corrected chi connectivity index (χ3v) is 2.46. The summed E-state index contributed by atoms with van der Waals surface area (Å²) in [6.45, 7) is 7.11. The maximum atomic E-state index is 5.17. The topological polar surface area (TPSA) is 62.8 Å². The Kier molecular flexibility index (Phi) is 4.71. The van der Waals surface area contributed by atoms with Gasteiger partial charge in [0.2, 0.25) is 0 Å². The predicted molar refractivity (Wildman–Crippen MR) is 58.4 cm³/mol. The monoisotopic (exact) mass is 212 g/mol. The van der Waals surface area contributed by atoms with Crippen LogP contribution in [-0.4, -0.2) is 34.9 Å². The summed E-state index contributed by atoms with van der Waals surface area (Å²) >= 11 is 0. The van der Waals surface area contributed by atoms with Crippen molar-refractivity contribution in [1.29, 1.82) is 0 Å². The minimum absolute atomic E-state index is 0.162. The highest BCUT2D eigenvalue weighted by atomic mass is 16.5. The highest BCUT2D eigenvalue weighted by Crippen LogP contribution is 2.10. The lowest BCUT2D eigenvalue weighted by molar-refractivity contribution is 0.141. The van der Waals surface area contributed by atoms with Crippen molar-refractivity contribution in [2.24, 2.45) is 5.92 Å². The number of hydrogen-bond acceptors (Lipinski definition) is 4. The molecule has 2 atom stereocenters. The van der Waals surface area contributed by atoms with Crippen LogP contribution >= 0.6 is 0 Å². The molecule has 0 saturated heterocycles. The van der Waals surface area contributed by atoms with Gasteiger partial charge in [0.25, 0.3) is 0 Å². The van der Waals surface area contributed by atoms with Gasteiger partial charge in [0.15, 0.2) is 0 Å². The van der Waals surface area contributed by atoms with Crippen molar-refractivity contribution in [1.82, 2.24) is 20.5 Å². The van der Waals surface area contributed by atoms with Crippen LogP contribution in [0.1, 0.15) is 32.6 Å². The molecule has 0 spiro atoms. The van der Waals surface area contributed by atoms with E-state index in [1.807, 2.05) is 0 Å². The maximum absolute atomic E-state index is 5.17. The Bertz CT molecular complexity index is 260. The second-order valence-corrected chi connectivity index (χ2v) is 4.06. The standard InChI is InChI=1S/C10H20N4O/c1-7(2)9(5-15-4)13-8(3)10-11-6-12-14-10/h6-9,13H,5H2,1-4H3,(H,11,12,14). The fraction of sp³-hybridized carbons (Fsp3) is 0.800. The number of hydrogen-bond donors (Lipinski definition) is 2. The van der Waals surface area contributed by atoms with E-state index in [9.17, 15) is 0 Å². The molecule has 2 unspecified atom stereocenters. The number of nitrogens with one attached hydrogen (secondary N) is 2. The summed E-state index contributed by atoms with van der Waals surface area (Å²) in [4.78, 5) is 4.12. The van der Waals surface area contributed by atoms with Crippen LogP contribution in [0, 0.1) is 5.92 Å². The van der Waals surface area contributed by atoms with E-state index in [4.69, 9.17) is 4.74 Å². The molecular formula is C10H20N4O. The van der Waals surface area contributed by atoms with Gasteiger partial charge in [-0.2, -0.15) is 5.10 Å². The SMILES string of the molecule is COCC(NC(C)c1ncn[nH]1)C(C)C. The number of nitrogens with zero attached hydrogens (tertiary/aromatic N) is 2. The van der Waals surface area contributed by atoms with Crippen LogP contribution < -0.4 is 5.32 Å². The number of aromatic amines is 1. The zero-order valence-corrected chi connectivity index (χ0v) is 9.82. The van der Waals surface area contributed by atoms with Crippen molar-refractivity contribution in [3.05, 3.63) is 12.2 Å². The molecule has 86 valence electrons. The molecule has 0 fully saturated rings. The molecule has 5 nitrogen and oxygen atoms in total. The minimum atomic E-state index is 0.162. The molecule has 0 aliphatic rings. The summed E-state index contributed by atoms with van der Waals surface area (Å²) < 4.78 is 5.17. The second kappa shape index (κ2) is 5.82. The van der Waals surface area contributed by atoms with E-state index in [0.29, 0.717) is 18.6 Å². The third kappa shape index (κ3) is 3.60. The van der Waals surface area contributed by atoms with E-state index in [1.165, 1.54) is 6.33 Å². The summed E-state index contributed by atoms with van der Waals surface area (Å²) in [5.41, 5.74) is 0. The van der Waals surface area contributed by atoms with Gasteiger partial charge in [0, 0.05) is 13.2 Å². The largest absolute Gasteiger partial charge is 0.383 e. The van der Waals surface area contributed by atoms with Crippen LogP contribution in [0.5, 0.6) is 0 Å². The lowest BCUT2D eigenvalue weighted by Crippen LogP contribution is -2.39. The van der Waals surface area contributed by atoms with Crippen LogP contribution in [0.2, 0.25) is 0 Å². The Labute approximate surface area is 90.6 Å². The van der Waals surface area contributed by atoms with E-state index in [2.05, 4.69) is 41.3 Å². The molecule has 5 heteroatoms. The molecule has 15 heavy (non-hydrogen) atoms. The molecule has 1 heterocycles. The van der Waals surface area contributed by atoms with Crippen LogP contribution in [-0.2, 0) is 4.74 Å². The molecule has 0 aromatic carbocycles. The number of H-pyrrole nitrogens is 1. The van der Waals surface area contributed by atoms with E-state index in [0.717, 1.165) is 5.82 Å². The van der Waals surface area contributed by atoms with E-state index >= 15 is 0 Å². The second-order valence-electron chi connectivity index (χ2n) is 4.06. The fourth-order valence-corrected chi connectivity index (χ4v) is 1.44. The molecule has 2 N–H and O–H groups in total. The van der Waals surface area contributed by atoms with E-state index in [-0.39, 0.29) is 6.04 Å². The molecule has 0 amide bonds. The molecule has 0 bridgehead atoms. The van der Waals surface area contributed by atoms with Crippen molar-refractivity contribution < 1.29 is 4.74 Å². The first-order chi connectivity index (χ1) is 7.15. The minimum Gasteiger partial charge on any atom is -0.383 e. The Hall–Kier alpha value is -0.940. The number of ether oxygens (including phenoxy) is 1. The zero-order chi connectivity index (χ0) is 11.3. The number of rotatable bonds is 6. The summed E-state index contributed by atoms with van der Waals surface area (Å²) in [6, 6.07) is 0.491. The van der Waals surface area contributed by atoms with Gasteiger partial charge in [0.1, 0.15) is 12.2 Å². The molecule has 1 aromatic rings. The quantitative estimate of drug-likeness (QED) is 0.742. The van der Waals surface area contributed by atoms with Crippen molar-refractivity contribution in [2.75, 3.05) is 13.7 Å². The van der Waals surface area contributed by atoms with E-state index < -0.39 is 0 Å². The van der Waals surface area contributed by atoms with Gasteiger partial charge in [-0.25, -0.2) is 4.98 Å².